The summed E-state index contributed by atoms with van der Waals surface area (Å²) in [6.07, 6.45) is 3.36. The van der Waals surface area contributed by atoms with E-state index in [-0.39, 0.29) is 18.2 Å². The fourth-order valence-electron chi connectivity index (χ4n) is 3.10. The first-order valence-electron chi connectivity index (χ1n) is 8.07. The minimum atomic E-state index is -3.45. The van der Waals surface area contributed by atoms with Crippen LogP contribution in [-0.2, 0) is 16.6 Å². The summed E-state index contributed by atoms with van der Waals surface area (Å²) in [4.78, 5) is 17.6. The average Bonchev–Trinajstić information content (AvgIpc) is 3.20. The monoisotopic (exact) mass is 363 g/mol. The first-order valence-corrected chi connectivity index (χ1v) is 9.68. The highest BCUT2D eigenvalue weighted by Gasteiger charge is 2.40. The molecule has 0 saturated carbocycles. The minimum absolute atomic E-state index is 0.0646. The molecular formula is C17H21N3O4S. The van der Waals surface area contributed by atoms with E-state index < -0.39 is 16.1 Å². The van der Waals surface area contributed by atoms with Crippen LogP contribution in [0.2, 0.25) is 0 Å². The first kappa shape index (κ1) is 17.6. The SMILES string of the molecule is CCCS(=O)(=O)N1Cc2cc(C(=O)N(C)C)ccc2C1c1cnco1. The zero-order valence-electron chi connectivity index (χ0n) is 14.5. The summed E-state index contributed by atoms with van der Waals surface area (Å²) in [5, 5.41) is 0. The molecule has 1 aliphatic rings. The second-order valence-electron chi connectivity index (χ2n) is 6.28. The largest absolute Gasteiger partial charge is 0.446 e. The molecule has 1 aromatic carbocycles. The summed E-state index contributed by atoms with van der Waals surface area (Å²) in [5.74, 6) is 0.425. The molecule has 0 radical (unpaired) electrons. The summed E-state index contributed by atoms with van der Waals surface area (Å²) >= 11 is 0. The normalized spacial score (nSPS) is 17.5. The van der Waals surface area contributed by atoms with Gasteiger partial charge in [-0.25, -0.2) is 13.4 Å². The van der Waals surface area contributed by atoms with E-state index in [1.807, 2.05) is 6.92 Å². The topological polar surface area (TPSA) is 83.7 Å². The lowest BCUT2D eigenvalue weighted by Crippen LogP contribution is -2.32. The highest BCUT2D eigenvalue weighted by atomic mass is 32.2. The highest BCUT2D eigenvalue weighted by Crippen LogP contribution is 2.41. The highest BCUT2D eigenvalue weighted by molar-refractivity contribution is 7.89. The number of oxazole rings is 1. The van der Waals surface area contributed by atoms with Gasteiger partial charge in [-0.2, -0.15) is 4.31 Å². The van der Waals surface area contributed by atoms with Crippen LogP contribution in [0.3, 0.4) is 0 Å². The van der Waals surface area contributed by atoms with Gasteiger partial charge in [0.25, 0.3) is 5.91 Å². The van der Waals surface area contributed by atoms with Crippen molar-refractivity contribution in [3.8, 4) is 0 Å². The van der Waals surface area contributed by atoms with Gasteiger partial charge in [0.1, 0.15) is 11.8 Å². The Kier molecular flexibility index (Phi) is 4.66. The van der Waals surface area contributed by atoms with Gasteiger partial charge in [-0.15, -0.1) is 0 Å². The van der Waals surface area contributed by atoms with Crippen LogP contribution in [0.25, 0.3) is 0 Å². The smallest absolute Gasteiger partial charge is 0.253 e. The van der Waals surface area contributed by atoms with Crippen LogP contribution in [0.15, 0.2) is 35.2 Å². The summed E-state index contributed by atoms with van der Waals surface area (Å²) < 4.78 is 32.3. The average molecular weight is 363 g/mol. The van der Waals surface area contributed by atoms with Crippen LogP contribution >= 0.6 is 0 Å². The van der Waals surface area contributed by atoms with Crippen LogP contribution in [-0.4, -0.2) is 48.4 Å². The molecule has 1 unspecified atom stereocenters. The second kappa shape index (κ2) is 6.61. The Morgan fingerprint density at radius 2 is 2.16 bits per heavy atom. The predicted octanol–water partition coefficient (Wildman–Crippen LogP) is 2.02. The number of rotatable bonds is 5. The van der Waals surface area contributed by atoms with Gasteiger partial charge in [0.15, 0.2) is 6.39 Å². The molecule has 0 spiro atoms. The fraction of sp³-hybridized carbons (Fsp3) is 0.412. The number of fused-ring (bicyclic) bond motifs is 1. The van der Waals surface area contributed by atoms with E-state index in [9.17, 15) is 13.2 Å². The van der Waals surface area contributed by atoms with Crippen molar-refractivity contribution in [2.45, 2.75) is 25.9 Å². The molecule has 0 saturated heterocycles. The molecule has 2 heterocycles. The Morgan fingerprint density at radius 3 is 2.76 bits per heavy atom. The van der Waals surface area contributed by atoms with E-state index >= 15 is 0 Å². The number of hydrogen-bond donors (Lipinski definition) is 0. The number of benzene rings is 1. The van der Waals surface area contributed by atoms with Gasteiger partial charge in [0.05, 0.1) is 11.9 Å². The third-order valence-corrected chi connectivity index (χ3v) is 6.22. The molecular weight excluding hydrogens is 342 g/mol. The number of sulfonamides is 1. The standard InChI is InChI=1S/C17H21N3O4S/c1-4-7-25(22,23)20-10-13-8-12(17(21)19(2)3)5-6-14(13)16(20)15-9-18-11-24-15/h5-6,8-9,11,16H,4,7,10H2,1-3H3. The van der Waals surface area contributed by atoms with E-state index in [1.165, 1.54) is 21.8 Å². The third kappa shape index (κ3) is 3.19. The van der Waals surface area contributed by atoms with Gasteiger partial charge in [0.2, 0.25) is 10.0 Å². The summed E-state index contributed by atoms with van der Waals surface area (Å²) in [6, 6.07) is 4.75. The maximum Gasteiger partial charge on any atom is 0.253 e. The van der Waals surface area contributed by atoms with Crippen molar-refractivity contribution in [3.63, 3.8) is 0 Å². The molecule has 134 valence electrons. The van der Waals surface area contributed by atoms with E-state index in [0.29, 0.717) is 17.7 Å². The number of aromatic nitrogens is 1. The van der Waals surface area contributed by atoms with E-state index in [4.69, 9.17) is 4.42 Å². The van der Waals surface area contributed by atoms with Gasteiger partial charge < -0.3 is 9.32 Å². The molecule has 25 heavy (non-hydrogen) atoms. The van der Waals surface area contributed by atoms with E-state index in [0.717, 1.165) is 11.1 Å². The van der Waals surface area contributed by atoms with Crippen LogP contribution in [0.1, 0.15) is 46.6 Å². The molecule has 0 aliphatic carbocycles. The number of carbonyl (C=O) groups excluding carboxylic acids is 1. The van der Waals surface area contributed by atoms with Crippen molar-refractivity contribution in [2.24, 2.45) is 0 Å². The van der Waals surface area contributed by atoms with Crippen LogP contribution in [0, 0.1) is 0 Å². The Balaban J connectivity index is 2.07. The molecule has 0 N–H and O–H groups in total. The Labute approximate surface area is 147 Å². The van der Waals surface area contributed by atoms with Gasteiger partial charge in [-0.3, -0.25) is 4.79 Å². The molecule has 1 amide bonds. The number of amides is 1. The van der Waals surface area contributed by atoms with Gasteiger partial charge >= 0.3 is 0 Å². The van der Waals surface area contributed by atoms with E-state index in [2.05, 4.69) is 4.98 Å². The van der Waals surface area contributed by atoms with Crippen LogP contribution < -0.4 is 0 Å². The van der Waals surface area contributed by atoms with Crippen molar-refractivity contribution in [2.75, 3.05) is 19.8 Å². The molecule has 1 aromatic heterocycles. The molecule has 1 atom stereocenters. The summed E-state index contributed by atoms with van der Waals surface area (Å²) in [7, 11) is -0.0814. The Hall–Kier alpha value is -2.19. The Bertz CT molecular complexity index is 875. The zero-order chi connectivity index (χ0) is 18.2. The number of nitrogens with zero attached hydrogens (tertiary/aromatic N) is 3. The number of carbonyl (C=O) groups is 1. The molecule has 2 aromatic rings. The van der Waals surface area contributed by atoms with Crippen LogP contribution in [0.4, 0.5) is 0 Å². The maximum atomic E-state index is 12.7. The molecule has 0 fully saturated rings. The van der Waals surface area contributed by atoms with Gasteiger partial charge in [-0.05, 0) is 29.7 Å². The lowest BCUT2D eigenvalue weighted by molar-refractivity contribution is 0.0827. The summed E-state index contributed by atoms with van der Waals surface area (Å²) in [6.45, 7) is 2.05. The van der Waals surface area contributed by atoms with E-state index in [1.54, 1.807) is 32.3 Å². The van der Waals surface area contributed by atoms with Gasteiger partial charge in [-0.1, -0.05) is 13.0 Å². The summed E-state index contributed by atoms with van der Waals surface area (Å²) in [5.41, 5.74) is 2.18. The third-order valence-electron chi connectivity index (χ3n) is 4.25. The predicted molar refractivity (Wildman–Crippen MR) is 92.4 cm³/mol. The molecule has 7 nitrogen and oxygen atoms in total. The quantitative estimate of drug-likeness (QED) is 0.811. The van der Waals surface area contributed by atoms with Crippen molar-refractivity contribution in [1.29, 1.82) is 0 Å². The molecule has 8 heteroatoms. The fourth-order valence-corrected chi connectivity index (χ4v) is 4.73. The minimum Gasteiger partial charge on any atom is -0.446 e. The van der Waals surface area contributed by atoms with Crippen molar-refractivity contribution in [1.82, 2.24) is 14.2 Å². The molecule has 0 bridgehead atoms. The lowest BCUT2D eigenvalue weighted by Gasteiger charge is -2.22. The first-order chi connectivity index (χ1) is 11.8. The lowest BCUT2D eigenvalue weighted by atomic mass is 10.0. The van der Waals surface area contributed by atoms with Crippen molar-refractivity contribution < 1.29 is 17.6 Å². The number of hydrogen-bond acceptors (Lipinski definition) is 5. The second-order valence-corrected chi connectivity index (χ2v) is 8.32. The Morgan fingerprint density at radius 1 is 1.40 bits per heavy atom. The van der Waals surface area contributed by atoms with Crippen molar-refractivity contribution >= 4 is 15.9 Å². The molecule has 3 rings (SSSR count). The maximum absolute atomic E-state index is 12.7. The van der Waals surface area contributed by atoms with Gasteiger partial charge in [0, 0.05) is 26.2 Å². The zero-order valence-corrected chi connectivity index (χ0v) is 15.3. The van der Waals surface area contributed by atoms with Crippen LogP contribution in [0.5, 0.6) is 0 Å². The van der Waals surface area contributed by atoms with Crippen molar-refractivity contribution in [3.05, 3.63) is 53.2 Å². The molecule has 1 aliphatic heterocycles.